The molecule has 0 spiro atoms. The molecule has 20 heavy (non-hydrogen) atoms. The van der Waals surface area contributed by atoms with Crippen molar-refractivity contribution in [2.24, 2.45) is 0 Å². The second kappa shape index (κ2) is 4.96. The Morgan fingerprint density at radius 1 is 1.15 bits per heavy atom. The van der Waals surface area contributed by atoms with Crippen LogP contribution in [0.4, 0.5) is 4.39 Å². The fourth-order valence-corrected chi connectivity index (χ4v) is 1.77. The first-order valence-electron chi connectivity index (χ1n) is 5.92. The Morgan fingerprint density at radius 2 is 1.65 bits per heavy atom. The number of carbonyl (C=O) groups excluding carboxylic acids is 2. The molecule has 106 valence electrons. The van der Waals surface area contributed by atoms with Crippen LogP contribution in [0.25, 0.3) is 0 Å². The molecular weight excluding hydrogens is 267 g/mol. The molecule has 1 aliphatic heterocycles. The predicted octanol–water partition coefficient (Wildman–Crippen LogP) is 2.02. The summed E-state index contributed by atoms with van der Waals surface area (Å²) in [7, 11) is 0. The third-order valence-electron chi connectivity index (χ3n) is 2.66. The first-order valence-corrected chi connectivity index (χ1v) is 5.92. The van der Waals surface area contributed by atoms with E-state index in [1.165, 1.54) is 38.1 Å². The van der Waals surface area contributed by atoms with Crippen LogP contribution in [0.3, 0.4) is 0 Å². The molecule has 0 atom stereocenters. The van der Waals surface area contributed by atoms with E-state index in [0.717, 1.165) is 0 Å². The standard InChI is InChI=1S/C14H13FO5/c1-14(2)19-12(17)11(13(18)20-14)10(16)7-8-3-5-9(15)6-4-8/h3-6,16H,7H2,1-2H3. The van der Waals surface area contributed by atoms with Gasteiger partial charge in [0.2, 0.25) is 0 Å². The fraction of sp³-hybridized carbons (Fsp3) is 0.286. The number of ether oxygens (including phenoxy) is 2. The molecule has 0 aromatic heterocycles. The average Bonchev–Trinajstić information content (AvgIpc) is 2.29. The molecule has 1 heterocycles. The molecule has 0 amide bonds. The topological polar surface area (TPSA) is 72.8 Å². The summed E-state index contributed by atoms with van der Waals surface area (Å²) in [6, 6.07) is 5.31. The van der Waals surface area contributed by atoms with Gasteiger partial charge in [-0.3, -0.25) is 0 Å². The Bertz CT molecular complexity index is 564. The normalized spacial score (nSPS) is 17.4. The monoisotopic (exact) mass is 280 g/mol. The first-order chi connectivity index (χ1) is 9.28. The number of hydrogen-bond acceptors (Lipinski definition) is 5. The second-order valence-electron chi connectivity index (χ2n) is 4.80. The summed E-state index contributed by atoms with van der Waals surface area (Å²) in [4.78, 5) is 23.4. The van der Waals surface area contributed by atoms with Crippen molar-refractivity contribution in [2.75, 3.05) is 0 Å². The van der Waals surface area contributed by atoms with Crippen LogP contribution in [-0.2, 0) is 25.5 Å². The van der Waals surface area contributed by atoms with Crippen molar-refractivity contribution in [1.82, 2.24) is 0 Å². The molecule has 1 N–H and O–H groups in total. The number of aliphatic hydroxyl groups is 1. The summed E-state index contributed by atoms with van der Waals surface area (Å²) in [6.07, 6.45) is -0.0970. The van der Waals surface area contributed by atoms with Crippen molar-refractivity contribution in [3.63, 3.8) is 0 Å². The summed E-state index contributed by atoms with van der Waals surface area (Å²) >= 11 is 0. The van der Waals surface area contributed by atoms with Gasteiger partial charge in [-0.2, -0.15) is 0 Å². The molecular formula is C14H13FO5. The predicted molar refractivity (Wildman–Crippen MR) is 66.0 cm³/mol. The number of allylic oxidation sites excluding steroid dienone is 1. The van der Waals surface area contributed by atoms with E-state index in [1.807, 2.05) is 0 Å². The fourth-order valence-electron chi connectivity index (χ4n) is 1.77. The van der Waals surface area contributed by atoms with E-state index < -0.39 is 34.9 Å². The zero-order chi connectivity index (χ0) is 14.9. The summed E-state index contributed by atoms with van der Waals surface area (Å²) in [5.74, 6) is -4.12. The van der Waals surface area contributed by atoms with Crippen molar-refractivity contribution in [2.45, 2.75) is 26.1 Å². The van der Waals surface area contributed by atoms with E-state index in [2.05, 4.69) is 0 Å². The maximum Gasteiger partial charge on any atom is 0.352 e. The molecule has 0 bridgehead atoms. The highest BCUT2D eigenvalue weighted by atomic mass is 19.1. The molecule has 2 rings (SSSR count). The van der Waals surface area contributed by atoms with Gasteiger partial charge in [-0.05, 0) is 17.7 Å². The molecule has 5 nitrogen and oxygen atoms in total. The zero-order valence-corrected chi connectivity index (χ0v) is 11.0. The van der Waals surface area contributed by atoms with Crippen LogP contribution in [0.2, 0.25) is 0 Å². The van der Waals surface area contributed by atoms with E-state index in [-0.39, 0.29) is 6.42 Å². The van der Waals surface area contributed by atoms with Crippen LogP contribution >= 0.6 is 0 Å². The van der Waals surface area contributed by atoms with Crippen LogP contribution in [-0.4, -0.2) is 22.8 Å². The third kappa shape index (κ3) is 2.96. The summed E-state index contributed by atoms with van der Waals surface area (Å²) < 4.78 is 22.5. The Balaban J connectivity index is 2.25. The lowest BCUT2D eigenvalue weighted by Gasteiger charge is -2.30. The minimum Gasteiger partial charge on any atom is -0.511 e. The van der Waals surface area contributed by atoms with E-state index in [4.69, 9.17) is 9.47 Å². The Labute approximate surface area is 114 Å². The van der Waals surface area contributed by atoms with Gasteiger partial charge in [-0.25, -0.2) is 14.0 Å². The average molecular weight is 280 g/mol. The minimum atomic E-state index is -1.35. The van der Waals surface area contributed by atoms with E-state index in [1.54, 1.807) is 0 Å². The molecule has 0 aliphatic carbocycles. The van der Waals surface area contributed by atoms with Gasteiger partial charge in [0.25, 0.3) is 5.79 Å². The highest BCUT2D eigenvalue weighted by Crippen LogP contribution is 2.25. The van der Waals surface area contributed by atoms with Crippen LogP contribution in [0.5, 0.6) is 0 Å². The van der Waals surface area contributed by atoms with Crippen molar-refractivity contribution < 1.29 is 28.6 Å². The first kappa shape index (κ1) is 14.0. The van der Waals surface area contributed by atoms with Crippen molar-refractivity contribution in [3.05, 3.63) is 47.0 Å². The van der Waals surface area contributed by atoms with Crippen molar-refractivity contribution in [3.8, 4) is 0 Å². The molecule has 0 radical (unpaired) electrons. The van der Waals surface area contributed by atoms with Gasteiger partial charge in [0.1, 0.15) is 11.6 Å². The van der Waals surface area contributed by atoms with E-state index in [9.17, 15) is 19.1 Å². The number of benzene rings is 1. The summed E-state index contributed by atoms with van der Waals surface area (Å²) in [5, 5.41) is 9.89. The molecule has 1 aliphatic rings. The lowest BCUT2D eigenvalue weighted by molar-refractivity contribution is -0.222. The molecule has 0 unspecified atom stereocenters. The van der Waals surface area contributed by atoms with Crippen molar-refractivity contribution in [1.29, 1.82) is 0 Å². The largest absolute Gasteiger partial charge is 0.511 e. The molecule has 1 saturated heterocycles. The molecule has 1 aromatic rings. The van der Waals surface area contributed by atoms with Gasteiger partial charge < -0.3 is 14.6 Å². The Hall–Kier alpha value is -2.37. The number of aliphatic hydroxyl groups excluding tert-OH is 1. The van der Waals surface area contributed by atoms with Gasteiger partial charge >= 0.3 is 11.9 Å². The molecule has 6 heteroatoms. The van der Waals surface area contributed by atoms with E-state index in [0.29, 0.717) is 5.56 Å². The number of hydrogen-bond donors (Lipinski definition) is 1. The minimum absolute atomic E-state index is 0.0970. The number of cyclic esters (lactones) is 2. The third-order valence-corrected chi connectivity index (χ3v) is 2.66. The second-order valence-corrected chi connectivity index (χ2v) is 4.80. The number of esters is 2. The lowest BCUT2D eigenvalue weighted by Crippen LogP contribution is -2.42. The van der Waals surface area contributed by atoms with E-state index >= 15 is 0 Å². The number of carbonyl (C=O) groups is 2. The van der Waals surface area contributed by atoms with Gasteiger partial charge in [0.15, 0.2) is 5.57 Å². The number of halogens is 1. The number of rotatable bonds is 2. The summed E-state index contributed by atoms with van der Waals surface area (Å²) in [5.41, 5.74) is 0.00971. The highest BCUT2D eigenvalue weighted by molar-refractivity contribution is 6.15. The molecule has 1 aromatic carbocycles. The molecule has 1 fully saturated rings. The zero-order valence-electron chi connectivity index (χ0n) is 11.0. The maximum atomic E-state index is 12.8. The van der Waals surface area contributed by atoms with Crippen LogP contribution in [0.1, 0.15) is 19.4 Å². The van der Waals surface area contributed by atoms with Gasteiger partial charge in [-0.1, -0.05) is 12.1 Å². The SMILES string of the molecule is CC1(C)OC(=O)C(=C(O)Cc2ccc(F)cc2)C(=O)O1. The lowest BCUT2D eigenvalue weighted by atomic mass is 10.1. The van der Waals surface area contributed by atoms with Crippen LogP contribution in [0.15, 0.2) is 35.6 Å². The van der Waals surface area contributed by atoms with Crippen LogP contribution < -0.4 is 0 Å². The van der Waals surface area contributed by atoms with Gasteiger partial charge in [-0.15, -0.1) is 0 Å². The summed E-state index contributed by atoms with van der Waals surface area (Å²) in [6.45, 7) is 2.83. The van der Waals surface area contributed by atoms with Gasteiger partial charge in [0.05, 0.1) is 0 Å². The van der Waals surface area contributed by atoms with Crippen molar-refractivity contribution >= 4 is 11.9 Å². The Kier molecular flexibility index (Phi) is 3.48. The van der Waals surface area contributed by atoms with Crippen LogP contribution in [0, 0.1) is 5.82 Å². The Morgan fingerprint density at radius 3 is 2.15 bits per heavy atom. The maximum absolute atomic E-state index is 12.8. The smallest absolute Gasteiger partial charge is 0.352 e. The van der Waals surface area contributed by atoms with Gasteiger partial charge in [0, 0.05) is 20.3 Å². The molecule has 0 saturated carbocycles. The highest BCUT2D eigenvalue weighted by Gasteiger charge is 2.41. The quantitative estimate of drug-likeness (QED) is 0.388.